The van der Waals surface area contributed by atoms with Crippen LogP contribution in [0.4, 0.5) is 11.4 Å². The molecule has 0 amide bonds. The average molecular weight is 189 g/mol. The molecule has 0 unspecified atom stereocenters. The number of anilines is 2. The summed E-state index contributed by atoms with van der Waals surface area (Å²) in [5.41, 5.74) is 7.33. The molecule has 1 aromatic carbocycles. The molecule has 1 heterocycles. The number of nitrogens with zero attached hydrogens (tertiary/aromatic N) is 2. The molecule has 0 radical (unpaired) electrons. The van der Waals surface area contributed by atoms with Gasteiger partial charge in [0, 0.05) is 11.4 Å². The van der Waals surface area contributed by atoms with Gasteiger partial charge in [-0.15, -0.1) is 0 Å². The highest BCUT2D eigenvalue weighted by Crippen LogP contribution is 2.10. The first-order chi connectivity index (χ1) is 6.84. The molecule has 5 heteroatoms. The van der Waals surface area contributed by atoms with Crippen LogP contribution in [-0.4, -0.2) is 15.2 Å². The largest absolute Gasteiger partial charge is 0.399 e. The average Bonchev–Trinajstić information content (AvgIpc) is 2.70. The highest BCUT2D eigenvalue weighted by Gasteiger charge is 1.95. The van der Waals surface area contributed by atoms with E-state index in [9.17, 15) is 0 Å². The molecule has 4 N–H and O–H groups in total. The van der Waals surface area contributed by atoms with E-state index in [1.54, 1.807) is 0 Å². The fourth-order valence-electron chi connectivity index (χ4n) is 1.10. The second kappa shape index (κ2) is 3.78. The van der Waals surface area contributed by atoms with Gasteiger partial charge in [-0.2, -0.15) is 5.10 Å². The number of hydrogen-bond acceptors (Lipinski definition) is 4. The highest BCUT2D eigenvalue weighted by molar-refractivity contribution is 5.51. The summed E-state index contributed by atoms with van der Waals surface area (Å²) in [7, 11) is 0. The molecule has 0 saturated carbocycles. The van der Waals surface area contributed by atoms with Crippen molar-refractivity contribution in [2.75, 3.05) is 11.1 Å². The van der Waals surface area contributed by atoms with Crippen LogP contribution in [0.2, 0.25) is 0 Å². The van der Waals surface area contributed by atoms with Crippen LogP contribution in [0.5, 0.6) is 0 Å². The zero-order valence-electron chi connectivity index (χ0n) is 7.57. The minimum atomic E-state index is 0.629. The normalized spacial score (nSPS) is 10.0. The summed E-state index contributed by atoms with van der Waals surface area (Å²) in [5.74, 6) is 0.807. The van der Waals surface area contributed by atoms with Crippen LogP contribution in [0.15, 0.2) is 30.6 Å². The Hall–Kier alpha value is -2.04. The topological polar surface area (TPSA) is 79.6 Å². The monoisotopic (exact) mass is 189 g/mol. The third kappa shape index (κ3) is 2.01. The quantitative estimate of drug-likeness (QED) is 0.629. The summed E-state index contributed by atoms with van der Waals surface area (Å²) in [6.07, 6.45) is 1.49. The van der Waals surface area contributed by atoms with Crippen molar-refractivity contribution in [2.24, 2.45) is 0 Å². The van der Waals surface area contributed by atoms with Gasteiger partial charge in [0.05, 0.1) is 6.54 Å². The van der Waals surface area contributed by atoms with Crippen LogP contribution in [0, 0.1) is 0 Å². The lowest BCUT2D eigenvalue weighted by atomic mass is 10.3. The molecule has 0 spiro atoms. The van der Waals surface area contributed by atoms with E-state index in [4.69, 9.17) is 5.73 Å². The lowest BCUT2D eigenvalue weighted by molar-refractivity contribution is 0.955. The Kier molecular flexibility index (Phi) is 2.31. The Morgan fingerprint density at radius 3 is 2.71 bits per heavy atom. The van der Waals surface area contributed by atoms with E-state index in [2.05, 4.69) is 20.5 Å². The van der Waals surface area contributed by atoms with Crippen molar-refractivity contribution in [3.63, 3.8) is 0 Å². The third-order valence-electron chi connectivity index (χ3n) is 1.84. The zero-order chi connectivity index (χ0) is 9.80. The van der Waals surface area contributed by atoms with Crippen LogP contribution < -0.4 is 11.1 Å². The molecular weight excluding hydrogens is 178 g/mol. The van der Waals surface area contributed by atoms with Crippen LogP contribution in [0.25, 0.3) is 0 Å². The SMILES string of the molecule is Nc1ccc(NCc2ncn[nH]2)cc1. The fraction of sp³-hybridized carbons (Fsp3) is 0.111. The van der Waals surface area contributed by atoms with E-state index in [1.165, 1.54) is 6.33 Å². The minimum Gasteiger partial charge on any atom is -0.399 e. The Bertz CT molecular complexity index is 378. The maximum atomic E-state index is 5.56. The van der Waals surface area contributed by atoms with Gasteiger partial charge < -0.3 is 11.1 Å². The summed E-state index contributed by atoms with van der Waals surface area (Å²) in [5, 5.41) is 9.71. The van der Waals surface area contributed by atoms with E-state index in [-0.39, 0.29) is 0 Å². The molecule has 72 valence electrons. The molecular formula is C9H11N5. The smallest absolute Gasteiger partial charge is 0.143 e. The first-order valence-corrected chi connectivity index (χ1v) is 4.28. The van der Waals surface area contributed by atoms with Crippen molar-refractivity contribution < 1.29 is 0 Å². The predicted octanol–water partition coefficient (Wildman–Crippen LogP) is 0.999. The number of nitrogens with two attached hydrogens (primary N) is 1. The molecule has 1 aromatic heterocycles. The second-order valence-electron chi connectivity index (χ2n) is 2.91. The molecule has 0 saturated heterocycles. The Labute approximate surface area is 81.4 Å². The number of H-pyrrole nitrogens is 1. The third-order valence-corrected chi connectivity index (χ3v) is 1.84. The molecule has 0 aliphatic heterocycles. The number of aromatic nitrogens is 3. The first kappa shape index (κ1) is 8.55. The number of nitrogens with one attached hydrogen (secondary N) is 2. The van der Waals surface area contributed by atoms with Crippen molar-refractivity contribution in [3.05, 3.63) is 36.4 Å². The van der Waals surface area contributed by atoms with Crippen LogP contribution in [-0.2, 0) is 6.54 Å². The maximum Gasteiger partial charge on any atom is 0.143 e. The molecule has 0 bridgehead atoms. The van der Waals surface area contributed by atoms with E-state index in [0.717, 1.165) is 17.2 Å². The maximum absolute atomic E-state index is 5.56. The molecule has 5 nitrogen and oxygen atoms in total. The molecule has 0 fully saturated rings. The van der Waals surface area contributed by atoms with Crippen molar-refractivity contribution in [1.82, 2.24) is 15.2 Å². The first-order valence-electron chi connectivity index (χ1n) is 4.28. The van der Waals surface area contributed by atoms with Crippen molar-refractivity contribution in [1.29, 1.82) is 0 Å². The molecule has 14 heavy (non-hydrogen) atoms. The molecule has 0 aliphatic carbocycles. The lowest BCUT2D eigenvalue weighted by Gasteiger charge is -2.03. The minimum absolute atomic E-state index is 0.629. The van der Waals surface area contributed by atoms with Gasteiger partial charge in [0.1, 0.15) is 12.2 Å². The van der Waals surface area contributed by atoms with Gasteiger partial charge in [0.2, 0.25) is 0 Å². The van der Waals surface area contributed by atoms with Gasteiger partial charge >= 0.3 is 0 Å². The predicted molar refractivity (Wildman–Crippen MR) is 54.6 cm³/mol. The number of rotatable bonds is 3. The van der Waals surface area contributed by atoms with Crippen LogP contribution in [0.3, 0.4) is 0 Å². The van der Waals surface area contributed by atoms with Crippen LogP contribution >= 0.6 is 0 Å². The molecule has 0 atom stereocenters. The molecule has 0 aliphatic rings. The van der Waals surface area contributed by atoms with Gasteiger partial charge in [-0.25, -0.2) is 4.98 Å². The van der Waals surface area contributed by atoms with E-state index in [1.807, 2.05) is 24.3 Å². The Morgan fingerprint density at radius 2 is 2.07 bits per heavy atom. The van der Waals surface area contributed by atoms with Gasteiger partial charge in [0.25, 0.3) is 0 Å². The van der Waals surface area contributed by atoms with Crippen molar-refractivity contribution in [2.45, 2.75) is 6.54 Å². The molecule has 2 rings (SSSR count). The summed E-state index contributed by atoms with van der Waals surface area (Å²) >= 11 is 0. The van der Waals surface area contributed by atoms with Crippen molar-refractivity contribution >= 4 is 11.4 Å². The van der Waals surface area contributed by atoms with Gasteiger partial charge in [-0.05, 0) is 24.3 Å². The second-order valence-corrected chi connectivity index (χ2v) is 2.91. The van der Waals surface area contributed by atoms with Gasteiger partial charge in [-0.3, -0.25) is 5.10 Å². The summed E-state index contributed by atoms with van der Waals surface area (Å²) in [6.45, 7) is 0.629. The number of benzene rings is 1. The number of nitrogen functional groups attached to an aromatic ring is 1. The van der Waals surface area contributed by atoms with Gasteiger partial charge in [0.15, 0.2) is 0 Å². The number of hydrogen-bond donors (Lipinski definition) is 3. The molecule has 2 aromatic rings. The van der Waals surface area contributed by atoms with Crippen molar-refractivity contribution in [3.8, 4) is 0 Å². The summed E-state index contributed by atoms with van der Waals surface area (Å²) in [6, 6.07) is 7.54. The van der Waals surface area contributed by atoms with E-state index >= 15 is 0 Å². The van der Waals surface area contributed by atoms with E-state index < -0.39 is 0 Å². The Morgan fingerprint density at radius 1 is 1.29 bits per heavy atom. The van der Waals surface area contributed by atoms with Crippen LogP contribution in [0.1, 0.15) is 5.82 Å². The standard InChI is InChI=1S/C9H11N5/c10-7-1-3-8(4-2-7)11-5-9-12-6-13-14-9/h1-4,6,11H,5,10H2,(H,12,13,14). The zero-order valence-corrected chi connectivity index (χ0v) is 7.57. The fourth-order valence-corrected chi connectivity index (χ4v) is 1.10. The lowest BCUT2D eigenvalue weighted by Crippen LogP contribution is -2.01. The highest BCUT2D eigenvalue weighted by atomic mass is 15.2. The van der Waals surface area contributed by atoms with E-state index in [0.29, 0.717) is 6.54 Å². The number of aromatic amines is 1. The summed E-state index contributed by atoms with van der Waals surface area (Å²) < 4.78 is 0. The van der Waals surface area contributed by atoms with Gasteiger partial charge in [-0.1, -0.05) is 0 Å². The Balaban J connectivity index is 1.95. The summed E-state index contributed by atoms with van der Waals surface area (Å²) in [4.78, 5) is 3.99.